The molecule has 0 fully saturated rings. The van der Waals surface area contributed by atoms with Gasteiger partial charge in [-0.05, 0) is 53.5 Å². The van der Waals surface area contributed by atoms with Crippen molar-refractivity contribution in [2.24, 2.45) is 0 Å². The zero-order valence-electron chi connectivity index (χ0n) is 22.9. The average molecular weight is 547 g/mol. The van der Waals surface area contributed by atoms with Crippen LogP contribution in [-0.4, -0.2) is 9.82 Å². The molecule has 41 heavy (non-hydrogen) atoms. The molecule has 0 saturated heterocycles. The molecule has 0 amide bonds. The minimum atomic E-state index is -0.0845. The van der Waals surface area contributed by atoms with Gasteiger partial charge in [0.2, 0.25) is 0 Å². The summed E-state index contributed by atoms with van der Waals surface area (Å²) in [4.78, 5) is 1.35. The lowest BCUT2D eigenvalue weighted by Gasteiger charge is -2.36. The van der Waals surface area contributed by atoms with Crippen LogP contribution in [0, 0.1) is 0 Å². The number of aromatic nitrogens is 1. The van der Waals surface area contributed by atoms with Crippen LogP contribution in [0.2, 0.25) is 0 Å². The summed E-state index contributed by atoms with van der Waals surface area (Å²) in [6.07, 6.45) is 8.37. The third-order valence-corrected chi connectivity index (χ3v) is 9.99. The summed E-state index contributed by atoms with van der Waals surface area (Å²) >= 11 is 1.98. The number of para-hydroxylation sites is 4. The summed E-state index contributed by atoms with van der Waals surface area (Å²) in [5.41, 5.74) is 17.0. The minimum Gasteiger partial charge on any atom is -0.398 e. The molecule has 8 rings (SSSR count). The Morgan fingerprint density at radius 1 is 0.756 bits per heavy atom. The van der Waals surface area contributed by atoms with E-state index in [9.17, 15) is 0 Å². The predicted octanol–water partition coefficient (Wildman–Crippen LogP) is 9.81. The molecule has 1 aliphatic heterocycles. The molecule has 2 heterocycles. The summed E-state index contributed by atoms with van der Waals surface area (Å²) in [7, 11) is 0. The summed E-state index contributed by atoms with van der Waals surface area (Å²) in [5, 5.41) is 2.97. The number of thioether (sulfide) groups is 1. The highest BCUT2D eigenvalue weighted by Crippen LogP contribution is 2.51. The van der Waals surface area contributed by atoms with Crippen molar-refractivity contribution in [1.29, 1.82) is 0 Å². The molecule has 0 saturated carbocycles. The van der Waals surface area contributed by atoms with Crippen LogP contribution in [0.1, 0.15) is 24.5 Å². The van der Waals surface area contributed by atoms with Crippen molar-refractivity contribution >= 4 is 44.8 Å². The molecule has 2 nitrogen and oxygen atoms in total. The second kappa shape index (κ2) is 9.29. The van der Waals surface area contributed by atoms with E-state index in [1.807, 2.05) is 23.9 Å². The molecule has 0 spiro atoms. The Labute approximate surface area is 244 Å². The molecule has 2 N–H and O–H groups in total. The van der Waals surface area contributed by atoms with Gasteiger partial charge in [-0.25, -0.2) is 0 Å². The van der Waals surface area contributed by atoms with Gasteiger partial charge in [0.1, 0.15) is 0 Å². The van der Waals surface area contributed by atoms with E-state index in [4.69, 9.17) is 5.73 Å². The van der Waals surface area contributed by atoms with Gasteiger partial charge in [-0.15, -0.1) is 11.8 Å². The second-order valence-corrected chi connectivity index (χ2v) is 12.7. The van der Waals surface area contributed by atoms with Crippen LogP contribution < -0.4 is 5.73 Å². The van der Waals surface area contributed by atoms with Gasteiger partial charge in [-0.2, -0.15) is 0 Å². The van der Waals surface area contributed by atoms with Crippen molar-refractivity contribution < 1.29 is 0 Å². The summed E-state index contributed by atoms with van der Waals surface area (Å²) in [6.45, 7) is 2.41. The van der Waals surface area contributed by atoms with Gasteiger partial charge < -0.3 is 10.3 Å². The lowest BCUT2D eigenvalue weighted by atomic mass is 9.76. The fraction of sp³-hybridized carbons (Fsp3) is 0.105. The molecule has 198 valence electrons. The molecule has 2 aliphatic rings. The lowest BCUT2D eigenvalue weighted by Crippen LogP contribution is -2.28. The van der Waals surface area contributed by atoms with E-state index in [1.165, 1.54) is 54.7 Å². The lowest BCUT2D eigenvalue weighted by molar-refractivity contribution is 0.536. The zero-order chi connectivity index (χ0) is 27.6. The number of nitrogens with two attached hydrogens (primary N) is 1. The Morgan fingerprint density at radius 2 is 1.41 bits per heavy atom. The Bertz CT molecular complexity index is 1990. The van der Waals surface area contributed by atoms with Crippen LogP contribution in [0.25, 0.3) is 44.2 Å². The van der Waals surface area contributed by atoms with Crippen LogP contribution in [0.4, 0.5) is 5.69 Å². The van der Waals surface area contributed by atoms with Crippen molar-refractivity contribution in [1.82, 2.24) is 4.57 Å². The van der Waals surface area contributed by atoms with Crippen molar-refractivity contribution in [3.05, 3.63) is 145 Å². The monoisotopic (exact) mass is 546 g/mol. The summed E-state index contributed by atoms with van der Waals surface area (Å²) < 4.78 is 2.44. The number of nitrogen functional groups attached to an aromatic ring is 1. The first kappa shape index (κ1) is 24.3. The molecular formula is C38H30N2S. The van der Waals surface area contributed by atoms with Gasteiger partial charge in [0, 0.05) is 43.1 Å². The third kappa shape index (κ3) is 3.88. The normalized spacial score (nSPS) is 19.6. The first-order valence-electron chi connectivity index (χ1n) is 14.2. The largest absolute Gasteiger partial charge is 0.398 e. The van der Waals surface area contributed by atoms with Crippen LogP contribution in [0.3, 0.4) is 0 Å². The van der Waals surface area contributed by atoms with Gasteiger partial charge in [-0.1, -0.05) is 110 Å². The van der Waals surface area contributed by atoms with E-state index < -0.39 is 0 Å². The molecule has 0 radical (unpaired) electrons. The average Bonchev–Trinajstić information content (AvgIpc) is 3.26. The SMILES string of the molecule is CC12C=C(c3ccccc3-n3c4ccccc4c4ccccc43)C=CC(C1)Sc1cc(-c3ccccc3N)ccc12. The van der Waals surface area contributed by atoms with Gasteiger partial charge in [0.05, 0.1) is 16.7 Å². The number of anilines is 1. The number of rotatable bonds is 3. The van der Waals surface area contributed by atoms with Gasteiger partial charge in [-0.3, -0.25) is 0 Å². The quantitative estimate of drug-likeness (QED) is 0.224. The maximum atomic E-state index is 6.35. The number of nitrogens with zero attached hydrogens (tertiary/aromatic N) is 1. The van der Waals surface area contributed by atoms with E-state index in [1.54, 1.807) is 0 Å². The smallest absolute Gasteiger partial charge is 0.0541 e. The molecular weight excluding hydrogens is 516 g/mol. The van der Waals surface area contributed by atoms with E-state index in [0.717, 1.165) is 17.7 Å². The Balaban J connectivity index is 1.30. The minimum absolute atomic E-state index is 0.0845. The van der Waals surface area contributed by atoms with Crippen LogP contribution in [0.15, 0.2) is 138 Å². The summed E-state index contributed by atoms with van der Waals surface area (Å²) in [5.74, 6) is 0. The molecule has 2 unspecified atom stereocenters. The van der Waals surface area contributed by atoms with Gasteiger partial charge in [0.25, 0.3) is 0 Å². The highest BCUT2D eigenvalue weighted by Gasteiger charge is 2.37. The Kier molecular flexibility index (Phi) is 5.51. The standard InChI is InChI=1S/C38H30N2S/c1-38-23-26(18-20-27(24-38)41-37-22-25(19-21-32(37)38)28-10-2-6-14-33(28)39)29-11-3-7-15-34(29)40-35-16-8-4-12-30(35)31-13-5-9-17-36(31)40/h2-23,27H,24,39H2,1H3. The van der Waals surface area contributed by atoms with Gasteiger partial charge >= 0.3 is 0 Å². The van der Waals surface area contributed by atoms with Crippen molar-refractivity contribution in [3.63, 3.8) is 0 Å². The van der Waals surface area contributed by atoms with Crippen molar-refractivity contribution in [2.45, 2.75) is 28.9 Å². The number of allylic oxidation sites excluding steroid dienone is 3. The number of benzene rings is 5. The van der Waals surface area contributed by atoms with E-state index in [2.05, 4.69) is 133 Å². The van der Waals surface area contributed by atoms with E-state index in [0.29, 0.717) is 5.25 Å². The van der Waals surface area contributed by atoms with Crippen molar-refractivity contribution in [2.75, 3.05) is 5.73 Å². The number of hydrogen-bond donors (Lipinski definition) is 1. The molecule has 1 aliphatic carbocycles. The maximum absolute atomic E-state index is 6.35. The van der Waals surface area contributed by atoms with Crippen LogP contribution in [0.5, 0.6) is 0 Å². The predicted molar refractivity (Wildman–Crippen MR) is 176 cm³/mol. The first-order valence-corrected chi connectivity index (χ1v) is 15.1. The van der Waals surface area contributed by atoms with E-state index in [-0.39, 0.29) is 5.41 Å². The molecule has 3 heteroatoms. The Hall–Kier alpha value is -4.47. The summed E-state index contributed by atoms with van der Waals surface area (Å²) in [6, 6.07) is 41.4. The van der Waals surface area contributed by atoms with Crippen LogP contribution >= 0.6 is 11.8 Å². The third-order valence-electron chi connectivity index (χ3n) is 8.77. The molecule has 6 aromatic rings. The fourth-order valence-corrected chi connectivity index (χ4v) is 8.40. The first-order chi connectivity index (χ1) is 20.1. The maximum Gasteiger partial charge on any atom is 0.0541 e. The number of hydrogen-bond acceptors (Lipinski definition) is 2. The number of fused-ring (bicyclic) bond motifs is 7. The fourth-order valence-electron chi connectivity index (χ4n) is 6.86. The molecule has 2 atom stereocenters. The Morgan fingerprint density at radius 3 is 2.17 bits per heavy atom. The van der Waals surface area contributed by atoms with E-state index >= 15 is 0 Å². The topological polar surface area (TPSA) is 30.9 Å². The molecule has 1 aromatic heterocycles. The highest BCUT2D eigenvalue weighted by molar-refractivity contribution is 8.00. The zero-order valence-corrected chi connectivity index (χ0v) is 23.7. The van der Waals surface area contributed by atoms with Crippen molar-refractivity contribution in [3.8, 4) is 16.8 Å². The van der Waals surface area contributed by atoms with Gasteiger partial charge in [0.15, 0.2) is 0 Å². The van der Waals surface area contributed by atoms with Crippen LogP contribution in [-0.2, 0) is 5.41 Å². The highest BCUT2D eigenvalue weighted by atomic mass is 32.2. The second-order valence-electron chi connectivity index (χ2n) is 11.4. The molecule has 2 bridgehead atoms. The molecule has 5 aromatic carbocycles.